The van der Waals surface area contributed by atoms with Crippen LogP contribution in [0.2, 0.25) is 0 Å². The summed E-state index contributed by atoms with van der Waals surface area (Å²) in [6.07, 6.45) is 0. The Bertz CT molecular complexity index is 2740. The predicted octanol–water partition coefficient (Wildman–Crippen LogP) is 10.4. The average molecular weight is 606 g/mol. The lowest BCUT2D eigenvalue weighted by atomic mass is 9.93. The number of rotatable bonds is 3. The first-order valence-electron chi connectivity index (χ1n) is 15.2. The molecule has 0 amide bonds. The Kier molecular flexibility index (Phi) is 5.38. The predicted molar refractivity (Wildman–Crippen MR) is 191 cm³/mol. The molecule has 7 aromatic carbocycles. The van der Waals surface area contributed by atoms with Crippen LogP contribution in [0.15, 0.2) is 139 Å². The first kappa shape index (κ1) is 25.4. The second kappa shape index (κ2) is 9.76. The molecule has 10 rings (SSSR count). The fourth-order valence-electron chi connectivity index (χ4n) is 6.96. The molecule has 3 aromatic heterocycles. The van der Waals surface area contributed by atoms with E-state index in [1.54, 1.807) is 11.3 Å². The molecule has 6 heteroatoms. The third-order valence-electron chi connectivity index (χ3n) is 9.00. The zero-order chi connectivity index (χ0) is 30.2. The van der Waals surface area contributed by atoms with Gasteiger partial charge in [0, 0.05) is 21.9 Å². The van der Waals surface area contributed by atoms with Gasteiger partial charge in [0.1, 0.15) is 0 Å². The van der Waals surface area contributed by atoms with Crippen LogP contribution in [0.3, 0.4) is 0 Å². The lowest BCUT2D eigenvalue weighted by Crippen LogP contribution is -2.06. The van der Waals surface area contributed by atoms with Gasteiger partial charge in [-0.3, -0.25) is 4.57 Å². The molecule has 0 unspecified atom stereocenters. The van der Waals surface area contributed by atoms with Crippen LogP contribution in [-0.4, -0.2) is 24.5 Å². The van der Waals surface area contributed by atoms with E-state index in [2.05, 4.69) is 131 Å². The molecule has 214 valence electrons. The molecule has 10 aromatic rings. The number of aromatic nitrogens is 5. The SMILES string of the molecule is c1cc(-c2nc(-c3ccc4c5ccccc5c5ccccc5c4c3)nc(-n3c4ccccc4c4ccccc43)n2)c2scnc2c1. The van der Waals surface area contributed by atoms with Gasteiger partial charge >= 0.3 is 0 Å². The Balaban J connectivity index is 1.30. The minimum absolute atomic E-state index is 0.586. The van der Waals surface area contributed by atoms with Crippen molar-refractivity contribution in [2.45, 2.75) is 0 Å². The second-order valence-electron chi connectivity index (χ2n) is 11.5. The van der Waals surface area contributed by atoms with Crippen molar-refractivity contribution < 1.29 is 0 Å². The smallest absolute Gasteiger partial charge is 0.238 e. The highest BCUT2D eigenvalue weighted by molar-refractivity contribution is 7.17. The number of nitrogens with zero attached hydrogens (tertiary/aromatic N) is 5. The van der Waals surface area contributed by atoms with Gasteiger partial charge in [-0.15, -0.1) is 11.3 Å². The maximum Gasteiger partial charge on any atom is 0.238 e. The van der Waals surface area contributed by atoms with Crippen molar-refractivity contribution in [1.82, 2.24) is 24.5 Å². The van der Waals surface area contributed by atoms with Crippen LogP contribution in [-0.2, 0) is 0 Å². The third kappa shape index (κ3) is 3.68. The highest BCUT2D eigenvalue weighted by atomic mass is 32.1. The Morgan fingerprint density at radius 1 is 0.457 bits per heavy atom. The molecule has 0 atom stereocenters. The first-order valence-corrected chi connectivity index (χ1v) is 16.1. The molecule has 0 aliphatic rings. The zero-order valence-corrected chi connectivity index (χ0v) is 25.2. The second-order valence-corrected chi connectivity index (χ2v) is 12.4. The van der Waals surface area contributed by atoms with E-state index in [1.807, 2.05) is 17.6 Å². The van der Waals surface area contributed by atoms with Gasteiger partial charge in [-0.25, -0.2) is 9.97 Å². The Morgan fingerprint density at radius 2 is 1.02 bits per heavy atom. The molecular weight excluding hydrogens is 583 g/mol. The molecular formula is C40H23N5S. The molecule has 0 fully saturated rings. The maximum absolute atomic E-state index is 5.22. The minimum Gasteiger partial charge on any atom is -0.278 e. The molecule has 0 N–H and O–H groups in total. The summed E-state index contributed by atoms with van der Waals surface area (Å²) in [7, 11) is 0. The number of fused-ring (bicyclic) bond motifs is 10. The van der Waals surface area contributed by atoms with E-state index >= 15 is 0 Å². The monoisotopic (exact) mass is 605 g/mol. The van der Waals surface area contributed by atoms with Gasteiger partial charge in [0.2, 0.25) is 5.95 Å². The Morgan fingerprint density at radius 3 is 1.70 bits per heavy atom. The fourth-order valence-corrected chi connectivity index (χ4v) is 7.76. The molecule has 0 bridgehead atoms. The standard InChI is InChI=1S/C40H23N5S/c1-2-12-27-25(10-1)26-11-3-4-13-28(26)33-22-24(20-21-29(27)33)38-42-39(32-16-9-17-34-37(32)46-23-41-34)44-40(43-38)45-35-18-7-5-14-30(35)31-15-6-8-19-36(31)45/h1-23H. The summed E-state index contributed by atoms with van der Waals surface area (Å²) in [5.74, 6) is 1.84. The molecule has 46 heavy (non-hydrogen) atoms. The third-order valence-corrected chi connectivity index (χ3v) is 9.88. The van der Waals surface area contributed by atoms with Crippen LogP contribution in [0.4, 0.5) is 0 Å². The molecule has 5 nitrogen and oxygen atoms in total. The van der Waals surface area contributed by atoms with E-state index < -0.39 is 0 Å². The minimum atomic E-state index is 0.586. The summed E-state index contributed by atoms with van der Waals surface area (Å²) in [5.41, 5.74) is 6.81. The molecule has 0 aliphatic heterocycles. The van der Waals surface area contributed by atoms with Crippen molar-refractivity contribution in [2.75, 3.05) is 0 Å². The van der Waals surface area contributed by atoms with Crippen molar-refractivity contribution in [2.24, 2.45) is 0 Å². The molecule has 0 aliphatic carbocycles. The van der Waals surface area contributed by atoms with E-state index in [0.29, 0.717) is 17.6 Å². The first-order chi connectivity index (χ1) is 22.8. The van der Waals surface area contributed by atoms with Gasteiger partial charge in [-0.05, 0) is 62.6 Å². The molecule has 3 heterocycles. The van der Waals surface area contributed by atoms with Crippen molar-refractivity contribution in [3.8, 4) is 28.7 Å². The van der Waals surface area contributed by atoms with Crippen LogP contribution in [0.1, 0.15) is 0 Å². The summed E-state index contributed by atoms with van der Waals surface area (Å²) in [6, 6.07) is 46.9. The molecule has 0 radical (unpaired) electrons. The maximum atomic E-state index is 5.22. The highest BCUT2D eigenvalue weighted by Crippen LogP contribution is 2.38. The summed E-state index contributed by atoms with van der Waals surface area (Å²) in [5, 5.41) is 9.66. The van der Waals surface area contributed by atoms with Gasteiger partial charge in [-0.2, -0.15) is 9.97 Å². The zero-order valence-electron chi connectivity index (χ0n) is 24.4. The lowest BCUT2D eigenvalue weighted by molar-refractivity contribution is 0.954. The van der Waals surface area contributed by atoms with Gasteiger partial charge in [-0.1, -0.05) is 103 Å². The van der Waals surface area contributed by atoms with E-state index in [4.69, 9.17) is 15.0 Å². The molecule has 0 saturated carbocycles. The van der Waals surface area contributed by atoms with Crippen molar-refractivity contribution in [3.63, 3.8) is 0 Å². The van der Waals surface area contributed by atoms with Gasteiger partial charge in [0.05, 0.1) is 26.8 Å². The lowest BCUT2D eigenvalue weighted by Gasteiger charge is -2.13. The fraction of sp³-hybridized carbons (Fsp3) is 0. The average Bonchev–Trinajstić information content (AvgIpc) is 3.74. The normalized spacial score (nSPS) is 11.9. The quantitative estimate of drug-likeness (QED) is 0.188. The Hall–Kier alpha value is -5.98. The number of hydrogen-bond acceptors (Lipinski definition) is 5. The van der Waals surface area contributed by atoms with Gasteiger partial charge < -0.3 is 0 Å². The summed E-state index contributed by atoms with van der Waals surface area (Å²) in [4.78, 5) is 20.1. The van der Waals surface area contributed by atoms with Crippen molar-refractivity contribution in [1.29, 1.82) is 0 Å². The summed E-state index contributed by atoms with van der Waals surface area (Å²) >= 11 is 1.60. The number of hydrogen-bond donors (Lipinski definition) is 0. The highest BCUT2D eigenvalue weighted by Gasteiger charge is 2.19. The van der Waals surface area contributed by atoms with Crippen molar-refractivity contribution >= 4 is 75.7 Å². The molecule has 0 saturated heterocycles. The largest absolute Gasteiger partial charge is 0.278 e. The number of thiazole rings is 1. The van der Waals surface area contributed by atoms with Crippen LogP contribution in [0.25, 0.3) is 93.1 Å². The van der Waals surface area contributed by atoms with Crippen LogP contribution < -0.4 is 0 Å². The van der Waals surface area contributed by atoms with E-state index in [-0.39, 0.29) is 0 Å². The van der Waals surface area contributed by atoms with Gasteiger partial charge in [0.25, 0.3) is 0 Å². The Labute approximate surface area is 267 Å². The van der Waals surface area contributed by atoms with E-state index in [0.717, 1.165) is 43.1 Å². The summed E-state index contributed by atoms with van der Waals surface area (Å²) in [6.45, 7) is 0. The van der Waals surface area contributed by atoms with Gasteiger partial charge in [0.15, 0.2) is 11.6 Å². The number of benzene rings is 7. The van der Waals surface area contributed by atoms with Crippen LogP contribution in [0.5, 0.6) is 0 Å². The van der Waals surface area contributed by atoms with Crippen molar-refractivity contribution in [3.05, 3.63) is 139 Å². The van der Waals surface area contributed by atoms with E-state index in [1.165, 1.54) is 32.3 Å². The summed E-state index contributed by atoms with van der Waals surface area (Å²) < 4.78 is 3.22. The topological polar surface area (TPSA) is 56.5 Å². The van der Waals surface area contributed by atoms with Crippen LogP contribution in [0, 0.1) is 0 Å². The van der Waals surface area contributed by atoms with E-state index in [9.17, 15) is 0 Å². The number of para-hydroxylation sites is 2. The van der Waals surface area contributed by atoms with Crippen LogP contribution >= 0.6 is 11.3 Å². The molecule has 0 spiro atoms.